The molecule has 1 rings (SSSR count). The van der Waals surface area contributed by atoms with Crippen LogP contribution in [0.25, 0.3) is 0 Å². The van der Waals surface area contributed by atoms with Crippen LogP contribution in [-0.4, -0.2) is 38.3 Å². The number of esters is 1. The number of unbranched alkanes of at least 4 members (excludes halogenated alkanes) is 6. The number of hydrogen-bond donors (Lipinski definition) is 1. The molecule has 0 fully saturated rings. The van der Waals surface area contributed by atoms with Crippen molar-refractivity contribution in [2.45, 2.75) is 63.2 Å². The molecule has 29 heavy (non-hydrogen) atoms. The molecular formula is C19H29NaO8S. The summed E-state index contributed by atoms with van der Waals surface area (Å²) in [5, 5.41) is 0. The smallest absolute Gasteiger partial charge is 1.00 e. The summed E-state index contributed by atoms with van der Waals surface area (Å²) in [6.07, 6.45) is 7.12. The first-order valence-corrected chi connectivity index (χ1v) is 10.8. The van der Waals surface area contributed by atoms with Crippen LogP contribution in [0.4, 0.5) is 4.79 Å². The van der Waals surface area contributed by atoms with Crippen LogP contribution in [-0.2, 0) is 24.4 Å². The maximum atomic E-state index is 11.6. The molecule has 0 heterocycles. The zero-order valence-electron chi connectivity index (χ0n) is 18.1. The van der Waals surface area contributed by atoms with Gasteiger partial charge in [-0.3, -0.25) is 9.35 Å². The molecule has 1 aromatic carbocycles. The van der Waals surface area contributed by atoms with Gasteiger partial charge >= 0.3 is 41.7 Å². The van der Waals surface area contributed by atoms with E-state index in [9.17, 15) is 18.0 Å². The molecule has 0 saturated heterocycles. The minimum atomic E-state index is -4.31. The van der Waals surface area contributed by atoms with Crippen molar-refractivity contribution in [1.82, 2.24) is 0 Å². The van der Waals surface area contributed by atoms with E-state index in [2.05, 4.69) is 6.92 Å². The summed E-state index contributed by atoms with van der Waals surface area (Å²) in [6, 6.07) is 4.58. The molecule has 0 saturated carbocycles. The number of rotatable bonds is 13. The fourth-order valence-corrected chi connectivity index (χ4v) is 2.86. The van der Waals surface area contributed by atoms with E-state index in [1.165, 1.54) is 37.8 Å². The Morgan fingerprint density at radius 2 is 1.48 bits per heavy atom. The van der Waals surface area contributed by atoms with Crippen LogP contribution in [0.3, 0.4) is 0 Å². The van der Waals surface area contributed by atoms with Gasteiger partial charge in [0.25, 0.3) is 10.1 Å². The van der Waals surface area contributed by atoms with Gasteiger partial charge in [0.05, 0.1) is 4.90 Å². The average Bonchev–Trinajstić information content (AvgIpc) is 2.64. The molecule has 1 N–H and O–H groups in total. The third kappa shape index (κ3) is 13.7. The SMILES string of the molecule is CCCCCCCCCC(=O)OCCOC(=O)Oc1ccc(S(=O)(=O)O)cc1.[H-].[Na+]. The van der Waals surface area contributed by atoms with Crippen LogP contribution in [0.5, 0.6) is 5.75 Å². The van der Waals surface area contributed by atoms with Gasteiger partial charge in [-0.2, -0.15) is 8.42 Å². The molecule has 0 aliphatic carbocycles. The van der Waals surface area contributed by atoms with E-state index in [0.717, 1.165) is 31.4 Å². The number of benzene rings is 1. The Bertz CT molecular complexity index is 710. The number of carbonyl (C=O) groups is 2. The summed E-state index contributed by atoms with van der Waals surface area (Å²) in [4.78, 5) is 22.8. The zero-order valence-corrected chi connectivity index (χ0v) is 19.9. The van der Waals surface area contributed by atoms with E-state index in [-0.39, 0.29) is 60.8 Å². The molecular weight excluding hydrogens is 411 g/mol. The first-order valence-electron chi connectivity index (χ1n) is 9.40. The van der Waals surface area contributed by atoms with Crippen molar-refractivity contribution < 1.29 is 67.8 Å². The Hall–Kier alpha value is -1.13. The molecule has 0 amide bonds. The normalized spacial score (nSPS) is 10.7. The summed E-state index contributed by atoms with van der Waals surface area (Å²) in [6.45, 7) is 1.96. The van der Waals surface area contributed by atoms with Crippen LogP contribution in [0.2, 0.25) is 0 Å². The van der Waals surface area contributed by atoms with Gasteiger partial charge in [-0.05, 0) is 30.7 Å². The standard InChI is InChI=1S/C19H28O8S.Na.H/c1-2-3-4-5-6-7-8-9-18(20)25-14-15-26-19(21)27-16-10-12-17(13-11-16)28(22,23)24;;/h10-13H,2-9,14-15H2,1H3,(H,22,23,24);;/q;+1;-1. The Kier molecular flexibility index (Phi) is 15.1. The topological polar surface area (TPSA) is 116 Å². The van der Waals surface area contributed by atoms with Gasteiger partial charge in [-0.25, -0.2) is 4.79 Å². The summed E-state index contributed by atoms with van der Waals surface area (Å²) in [5.41, 5.74) is 0. The van der Waals surface area contributed by atoms with E-state index in [4.69, 9.17) is 18.8 Å². The monoisotopic (exact) mass is 440 g/mol. The van der Waals surface area contributed by atoms with Gasteiger partial charge in [-0.1, -0.05) is 45.4 Å². The Morgan fingerprint density at radius 3 is 2.07 bits per heavy atom. The van der Waals surface area contributed by atoms with Crippen molar-refractivity contribution in [3.63, 3.8) is 0 Å². The van der Waals surface area contributed by atoms with E-state index >= 15 is 0 Å². The number of carbonyl (C=O) groups excluding carboxylic acids is 2. The Labute approximate surface area is 195 Å². The summed E-state index contributed by atoms with van der Waals surface area (Å²) in [7, 11) is -4.31. The predicted molar refractivity (Wildman–Crippen MR) is 103 cm³/mol. The van der Waals surface area contributed by atoms with Crippen molar-refractivity contribution >= 4 is 22.2 Å². The van der Waals surface area contributed by atoms with Crippen molar-refractivity contribution in [1.29, 1.82) is 0 Å². The molecule has 1 aromatic rings. The number of ether oxygens (including phenoxy) is 3. The first kappa shape index (κ1) is 27.9. The molecule has 160 valence electrons. The van der Waals surface area contributed by atoms with Crippen LogP contribution in [0.1, 0.15) is 59.7 Å². The van der Waals surface area contributed by atoms with Crippen LogP contribution < -0.4 is 34.3 Å². The van der Waals surface area contributed by atoms with Gasteiger partial charge in [0.2, 0.25) is 0 Å². The minimum absolute atomic E-state index is 0. The first-order chi connectivity index (χ1) is 13.3. The second-order valence-electron chi connectivity index (χ2n) is 6.24. The van der Waals surface area contributed by atoms with Gasteiger partial charge < -0.3 is 15.6 Å². The minimum Gasteiger partial charge on any atom is -1.00 e. The van der Waals surface area contributed by atoms with Gasteiger partial charge in [0.15, 0.2) is 0 Å². The molecule has 0 unspecified atom stereocenters. The molecule has 8 nitrogen and oxygen atoms in total. The second kappa shape index (κ2) is 15.7. The molecule has 0 spiro atoms. The van der Waals surface area contributed by atoms with Gasteiger partial charge in [0.1, 0.15) is 19.0 Å². The fourth-order valence-electron chi connectivity index (χ4n) is 2.38. The van der Waals surface area contributed by atoms with Gasteiger partial charge in [0, 0.05) is 6.42 Å². The maximum Gasteiger partial charge on any atom is 1.00 e. The van der Waals surface area contributed by atoms with Crippen LogP contribution >= 0.6 is 0 Å². The largest absolute Gasteiger partial charge is 1.00 e. The molecule has 10 heteroatoms. The van der Waals surface area contributed by atoms with E-state index < -0.39 is 16.3 Å². The molecule has 0 aliphatic rings. The van der Waals surface area contributed by atoms with Crippen molar-refractivity contribution in [2.24, 2.45) is 0 Å². The Morgan fingerprint density at radius 1 is 0.931 bits per heavy atom. The molecule has 0 aliphatic heterocycles. The molecule has 0 aromatic heterocycles. The molecule has 0 bridgehead atoms. The third-order valence-electron chi connectivity index (χ3n) is 3.87. The van der Waals surface area contributed by atoms with Crippen molar-refractivity contribution in [3.05, 3.63) is 24.3 Å². The van der Waals surface area contributed by atoms with E-state index in [1.807, 2.05) is 0 Å². The molecule has 0 radical (unpaired) electrons. The van der Waals surface area contributed by atoms with Crippen molar-refractivity contribution in [3.8, 4) is 5.75 Å². The van der Waals surface area contributed by atoms with Crippen molar-refractivity contribution in [2.75, 3.05) is 13.2 Å². The van der Waals surface area contributed by atoms with Crippen LogP contribution in [0.15, 0.2) is 29.2 Å². The maximum absolute atomic E-state index is 11.6. The van der Waals surface area contributed by atoms with E-state index in [0.29, 0.717) is 6.42 Å². The summed E-state index contributed by atoms with van der Waals surface area (Å²) < 4.78 is 45.3. The zero-order chi connectivity index (χ0) is 20.8. The average molecular weight is 440 g/mol. The Balaban J connectivity index is 0. The third-order valence-corrected chi connectivity index (χ3v) is 4.74. The fraction of sp³-hybridized carbons (Fsp3) is 0.579. The summed E-state index contributed by atoms with van der Waals surface area (Å²) in [5.74, 6) is -0.278. The predicted octanol–water partition coefficient (Wildman–Crippen LogP) is 1.25. The quantitative estimate of drug-likeness (QED) is 0.160. The van der Waals surface area contributed by atoms with Gasteiger partial charge in [-0.15, -0.1) is 0 Å². The molecule has 0 atom stereocenters. The van der Waals surface area contributed by atoms with Crippen LogP contribution in [0, 0.1) is 0 Å². The van der Waals surface area contributed by atoms with E-state index in [1.54, 1.807) is 0 Å². The number of hydrogen-bond acceptors (Lipinski definition) is 7. The summed E-state index contributed by atoms with van der Waals surface area (Å²) >= 11 is 0. The second-order valence-corrected chi connectivity index (χ2v) is 7.66.